The number of amides is 3. The average molecular weight is 806 g/mol. The number of hydrogen-bond donors (Lipinski definition) is 0. The third-order valence-electron chi connectivity index (χ3n) is 11.9. The van der Waals surface area contributed by atoms with Crippen LogP contribution < -0.4 is 9.64 Å². The summed E-state index contributed by atoms with van der Waals surface area (Å²) >= 11 is 0. The van der Waals surface area contributed by atoms with Crippen LogP contribution in [0.3, 0.4) is 0 Å². The Bertz CT molecular complexity index is 2390. The molecular weight excluding hydrogens is 760 g/mol. The van der Waals surface area contributed by atoms with E-state index in [0.29, 0.717) is 61.5 Å². The van der Waals surface area contributed by atoms with Gasteiger partial charge in [0.15, 0.2) is 0 Å². The first kappa shape index (κ1) is 39.9. The molecule has 306 valence electrons. The lowest BCUT2D eigenvalue weighted by Crippen LogP contribution is -2.52. The van der Waals surface area contributed by atoms with Crippen molar-refractivity contribution in [3.8, 4) is 17.0 Å². The summed E-state index contributed by atoms with van der Waals surface area (Å²) < 4.78 is 53.3. The maximum absolute atomic E-state index is 15.3. The molecule has 3 aliphatic rings. The molecule has 13 heteroatoms. The van der Waals surface area contributed by atoms with Crippen molar-refractivity contribution in [2.75, 3.05) is 51.3 Å². The van der Waals surface area contributed by atoms with Crippen LogP contribution in [-0.4, -0.2) is 89.7 Å². The number of aromatic nitrogens is 1. The van der Waals surface area contributed by atoms with Gasteiger partial charge in [-0.05, 0) is 90.6 Å². The van der Waals surface area contributed by atoms with Gasteiger partial charge in [-0.15, -0.1) is 0 Å². The van der Waals surface area contributed by atoms with Gasteiger partial charge in [0.2, 0.25) is 0 Å². The van der Waals surface area contributed by atoms with Gasteiger partial charge in [0.25, 0.3) is 11.8 Å². The molecule has 0 N–H and O–H groups in total. The monoisotopic (exact) mass is 805 g/mol. The van der Waals surface area contributed by atoms with Crippen LogP contribution in [0, 0.1) is 6.92 Å². The van der Waals surface area contributed by atoms with Crippen LogP contribution in [0.5, 0.6) is 5.75 Å². The van der Waals surface area contributed by atoms with E-state index >= 15 is 4.79 Å². The quantitative estimate of drug-likeness (QED) is 0.167. The molecule has 1 aromatic heterocycles. The topological polar surface area (TPSA) is 87.6 Å². The third kappa shape index (κ3) is 8.22. The number of ether oxygens (including phenoxy) is 2. The molecule has 0 saturated carbocycles. The Labute approximate surface area is 341 Å². The van der Waals surface area contributed by atoms with E-state index in [1.807, 2.05) is 84.1 Å². The first-order valence-electron chi connectivity index (χ1n) is 19.8. The standard InChI is InChI=1S/C46H46F3N5O5/c1-30-39(43(55)51(3)36-13-5-4-6-14-36)26-42(50(30)2)40-23-32-16-17-53(45(57)59-38-15-9-12-35(25-38)46(47,48)49)27-34(32)24-41(40)44(56)54-28-33-11-8-7-10-31(33)22-37(54)29-52-18-20-58-21-19-52/h4-15,23-26,37H,16-22,27-29H2,1-3H3/t37-/m0/s1. The summed E-state index contributed by atoms with van der Waals surface area (Å²) in [6.07, 6.45) is -4.28. The van der Waals surface area contributed by atoms with Crippen LogP contribution in [0.2, 0.25) is 0 Å². The number of rotatable bonds is 7. The van der Waals surface area contributed by atoms with Crippen molar-refractivity contribution in [1.82, 2.24) is 19.3 Å². The van der Waals surface area contributed by atoms with Gasteiger partial charge in [-0.1, -0.05) is 48.5 Å². The third-order valence-corrected chi connectivity index (χ3v) is 11.9. The first-order valence-corrected chi connectivity index (χ1v) is 19.8. The fourth-order valence-corrected chi connectivity index (χ4v) is 8.40. The van der Waals surface area contributed by atoms with Crippen molar-refractivity contribution in [3.63, 3.8) is 0 Å². The normalized spacial score (nSPS) is 16.9. The van der Waals surface area contributed by atoms with E-state index in [0.717, 1.165) is 53.3 Å². The summed E-state index contributed by atoms with van der Waals surface area (Å²) in [6.45, 7) is 6.12. The number of carbonyl (C=O) groups excluding carboxylic acids is 3. The maximum atomic E-state index is 15.3. The van der Waals surface area contributed by atoms with E-state index in [1.54, 1.807) is 11.9 Å². The van der Waals surface area contributed by atoms with Crippen LogP contribution in [0.4, 0.5) is 23.7 Å². The van der Waals surface area contributed by atoms with Gasteiger partial charge in [0, 0.05) is 87.6 Å². The zero-order valence-corrected chi connectivity index (χ0v) is 33.3. The van der Waals surface area contributed by atoms with Crippen molar-refractivity contribution in [2.45, 2.75) is 45.1 Å². The second-order valence-electron chi connectivity index (χ2n) is 15.5. The minimum absolute atomic E-state index is 0.0888. The number of anilines is 1. The molecule has 3 aliphatic heterocycles. The lowest BCUT2D eigenvalue weighted by molar-refractivity contribution is -0.137. The summed E-state index contributed by atoms with van der Waals surface area (Å²) in [7, 11) is 3.63. The van der Waals surface area contributed by atoms with Crippen LogP contribution in [-0.2, 0) is 43.9 Å². The smallest absolute Gasteiger partial charge is 0.410 e. The summed E-state index contributed by atoms with van der Waals surface area (Å²) in [5.74, 6) is -0.567. The summed E-state index contributed by atoms with van der Waals surface area (Å²) in [5.41, 5.74) is 6.82. The van der Waals surface area contributed by atoms with Gasteiger partial charge in [-0.3, -0.25) is 14.5 Å². The molecule has 0 aliphatic carbocycles. The second-order valence-corrected chi connectivity index (χ2v) is 15.5. The number of carbonyl (C=O) groups is 3. The SMILES string of the molecule is Cc1c(C(=O)N(C)c2ccccc2)cc(-c2cc3c(cc2C(=O)N2Cc4ccccc4C[C@H]2CN2CCOCC2)CN(C(=O)Oc2cccc(C(F)(F)F)c2)CC3)n1C. The average Bonchev–Trinajstić information content (AvgIpc) is 3.55. The van der Waals surface area contributed by atoms with Gasteiger partial charge in [-0.25, -0.2) is 4.79 Å². The maximum Gasteiger partial charge on any atom is 0.416 e. The summed E-state index contributed by atoms with van der Waals surface area (Å²) in [4.78, 5) is 50.2. The molecule has 4 aromatic carbocycles. The molecule has 5 aromatic rings. The van der Waals surface area contributed by atoms with Crippen LogP contribution >= 0.6 is 0 Å². The minimum Gasteiger partial charge on any atom is -0.410 e. The number of nitrogens with zero attached hydrogens (tertiary/aromatic N) is 5. The molecule has 10 nitrogen and oxygen atoms in total. The number of benzene rings is 4. The molecule has 4 heterocycles. The molecule has 0 radical (unpaired) electrons. The molecule has 1 atom stereocenters. The van der Waals surface area contributed by atoms with E-state index < -0.39 is 17.8 Å². The van der Waals surface area contributed by atoms with Crippen molar-refractivity contribution in [1.29, 1.82) is 0 Å². The Morgan fingerprint density at radius 2 is 1.54 bits per heavy atom. The van der Waals surface area contributed by atoms with E-state index in [1.165, 1.54) is 22.6 Å². The number of hydrogen-bond acceptors (Lipinski definition) is 6. The molecule has 1 fully saturated rings. The predicted octanol–water partition coefficient (Wildman–Crippen LogP) is 7.75. The summed E-state index contributed by atoms with van der Waals surface area (Å²) in [5, 5.41) is 0. The van der Waals surface area contributed by atoms with Crippen LogP contribution in [0.1, 0.15) is 54.2 Å². The number of para-hydroxylation sites is 1. The highest BCUT2D eigenvalue weighted by Gasteiger charge is 2.36. The highest BCUT2D eigenvalue weighted by molar-refractivity contribution is 6.08. The number of morpholine rings is 1. The van der Waals surface area contributed by atoms with Crippen molar-refractivity contribution < 1.29 is 37.0 Å². The Kier molecular flexibility index (Phi) is 11.1. The molecule has 59 heavy (non-hydrogen) atoms. The van der Waals surface area contributed by atoms with Crippen molar-refractivity contribution >= 4 is 23.6 Å². The largest absolute Gasteiger partial charge is 0.416 e. The molecule has 0 bridgehead atoms. The first-order chi connectivity index (χ1) is 28.4. The molecule has 0 spiro atoms. The lowest BCUT2D eigenvalue weighted by Gasteiger charge is -2.41. The Balaban J connectivity index is 1.17. The number of halogens is 3. The molecular formula is C46H46F3N5O5. The molecule has 0 unspecified atom stereocenters. The fourth-order valence-electron chi connectivity index (χ4n) is 8.40. The van der Waals surface area contributed by atoms with Gasteiger partial charge >= 0.3 is 12.3 Å². The van der Waals surface area contributed by atoms with Gasteiger partial charge in [-0.2, -0.15) is 13.2 Å². The lowest BCUT2D eigenvalue weighted by atomic mass is 9.89. The fraction of sp³-hybridized carbons (Fsp3) is 0.326. The Hall–Kier alpha value is -5.92. The number of alkyl halides is 3. The van der Waals surface area contributed by atoms with Gasteiger partial charge in [0.1, 0.15) is 5.75 Å². The van der Waals surface area contributed by atoms with Gasteiger partial charge < -0.3 is 28.7 Å². The highest BCUT2D eigenvalue weighted by atomic mass is 19.4. The zero-order valence-electron chi connectivity index (χ0n) is 33.3. The molecule has 8 rings (SSSR count). The zero-order chi connectivity index (χ0) is 41.4. The van der Waals surface area contributed by atoms with Crippen molar-refractivity contribution in [2.24, 2.45) is 7.05 Å². The highest BCUT2D eigenvalue weighted by Crippen LogP contribution is 2.37. The van der Waals surface area contributed by atoms with E-state index in [2.05, 4.69) is 17.0 Å². The van der Waals surface area contributed by atoms with Crippen LogP contribution in [0.25, 0.3) is 11.3 Å². The van der Waals surface area contributed by atoms with Crippen molar-refractivity contribution in [3.05, 3.63) is 142 Å². The molecule has 1 saturated heterocycles. The molecule has 3 amide bonds. The number of fused-ring (bicyclic) bond motifs is 2. The Morgan fingerprint density at radius 3 is 2.29 bits per heavy atom. The van der Waals surface area contributed by atoms with Crippen LogP contribution in [0.15, 0.2) is 97.1 Å². The van der Waals surface area contributed by atoms with E-state index in [-0.39, 0.29) is 36.7 Å². The Morgan fingerprint density at radius 1 is 0.814 bits per heavy atom. The van der Waals surface area contributed by atoms with E-state index in [4.69, 9.17) is 9.47 Å². The predicted molar refractivity (Wildman–Crippen MR) is 217 cm³/mol. The van der Waals surface area contributed by atoms with E-state index in [9.17, 15) is 22.8 Å². The van der Waals surface area contributed by atoms with Gasteiger partial charge in [0.05, 0.1) is 24.3 Å². The second kappa shape index (κ2) is 16.4. The summed E-state index contributed by atoms with van der Waals surface area (Å²) in [6, 6.07) is 27.4. The minimum atomic E-state index is -4.59.